The van der Waals surface area contributed by atoms with Gasteiger partial charge in [-0.3, -0.25) is 10.4 Å². The first kappa shape index (κ1) is 11.3. The number of nitrogens with two attached hydrogens (primary N) is 1. The number of rotatable bonds is 4. The smallest absolute Gasteiger partial charge is 0.180 e. The molecule has 6 nitrogen and oxygen atoms in total. The molecule has 0 bridgehead atoms. The van der Waals surface area contributed by atoms with Crippen LogP contribution in [0.2, 0.25) is 0 Å². The van der Waals surface area contributed by atoms with Crippen LogP contribution in [0.25, 0.3) is 11.2 Å². The van der Waals surface area contributed by atoms with Crippen LogP contribution in [0.5, 0.6) is 0 Å². The van der Waals surface area contributed by atoms with E-state index in [-0.39, 0.29) is 5.84 Å². The van der Waals surface area contributed by atoms with E-state index >= 15 is 0 Å². The number of fused-ring (bicyclic) bond motifs is 1. The second-order valence-electron chi connectivity index (χ2n) is 3.77. The molecule has 6 heteroatoms. The SMILES string of the molecule is CN(CCC(=N)N)c1ccc2nccnc2n1. The second kappa shape index (κ2) is 4.73. The van der Waals surface area contributed by atoms with Crippen molar-refractivity contribution in [2.24, 2.45) is 5.73 Å². The highest BCUT2D eigenvalue weighted by atomic mass is 15.2. The van der Waals surface area contributed by atoms with Crippen LogP contribution in [0.4, 0.5) is 5.82 Å². The number of aromatic nitrogens is 3. The fourth-order valence-electron chi connectivity index (χ4n) is 1.46. The standard InChI is InChI=1S/C11H14N6/c1-17(7-4-9(12)13)10-3-2-8-11(16-10)15-6-5-14-8/h2-3,5-6H,4,7H2,1H3,(H3,12,13). The fourth-order valence-corrected chi connectivity index (χ4v) is 1.46. The number of hydrogen-bond donors (Lipinski definition) is 2. The van der Waals surface area contributed by atoms with Crippen molar-refractivity contribution in [3.05, 3.63) is 24.5 Å². The first-order chi connectivity index (χ1) is 8.16. The number of pyridine rings is 1. The van der Waals surface area contributed by atoms with Crippen LogP contribution in [0.1, 0.15) is 6.42 Å². The molecule has 0 saturated carbocycles. The van der Waals surface area contributed by atoms with E-state index in [0.29, 0.717) is 18.6 Å². The van der Waals surface area contributed by atoms with E-state index in [1.165, 1.54) is 0 Å². The van der Waals surface area contributed by atoms with Gasteiger partial charge >= 0.3 is 0 Å². The van der Waals surface area contributed by atoms with Crippen LogP contribution < -0.4 is 10.6 Å². The molecule has 2 heterocycles. The number of nitrogens with one attached hydrogen (secondary N) is 1. The lowest BCUT2D eigenvalue weighted by Gasteiger charge is -2.17. The molecule has 0 aromatic carbocycles. The van der Waals surface area contributed by atoms with Gasteiger partial charge in [-0.2, -0.15) is 0 Å². The Balaban J connectivity index is 2.20. The molecule has 0 aliphatic rings. The highest BCUT2D eigenvalue weighted by molar-refractivity contribution is 5.77. The van der Waals surface area contributed by atoms with Crippen LogP contribution in [-0.2, 0) is 0 Å². The van der Waals surface area contributed by atoms with Gasteiger partial charge in [0.2, 0.25) is 0 Å². The Morgan fingerprint density at radius 1 is 1.35 bits per heavy atom. The number of amidine groups is 1. The van der Waals surface area contributed by atoms with Crippen molar-refractivity contribution in [1.82, 2.24) is 15.0 Å². The Labute approximate surface area is 99.0 Å². The van der Waals surface area contributed by atoms with Crippen molar-refractivity contribution in [3.8, 4) is 0 Å². The third-order valence-electron chi connectivity index (χ3n) is 2.42. The average Bonchev–Trinajstić information content (AvgIpc) is 2.35. The summed E-state index contributed by atoms with van der Waals surface area (Å²) in [6.45, 7) is 0.661. The van der Waals surface area contributed by atoms with Crippen molar-refractivity contribution < 1.29 is 0 Å². The Morgan fingerprint density at radius 2 is 2.12 bits per heavy atom. The van der Waals surface area contributed by atoms with E-state index in [2.05, 4.69) is 15.0 Å². The topological polar surface area (TPSA) is 91.8 Å². The van der Waals surface area contributed by atoms with E-state index in [9.17, 15) is 0 Å². The molecule has 0 radical (unpaired) electrons. The predicted octanol–water partition coefficient (Wildman–Crippen LogP) is 0.787. The molecular weight excluding hydrogens is 216 g/mol. The summed E-state index contributed by atoms with van der Waals surface area (Å²) in [5.41, 5.74) is 6.72. The predicted molar refractivity (Wildman–Crippen MR) is 67.1 cm³/mol. The molecule has 0 aliphatic heterocycles. The van der Waals surface area contributed by atoms with Gasteiger partial charge in [-0.1, -0.05) is 0 Å². The maximum absolute atomic E-state index is 7.19. The summed E-state index contributed by atoms with van der Waals surface area (Å²) >= 11 is 0. The molecule has 0 unspecified atom stereocenters. The van der Waals surface area contributed by atoms with Crippen molar-refractivity contribution in [2.75, 3.05) is 18.5 Å². The van der Waals surface area contributed by atoms with E-state index < -0.39 is 0 Å². The molecule has 2 aromatic heterocycles. The Kier molecular flexibility index (Phi) is 3.13. The van der Waals surface area contributed by atoms with Crippen molar-refractivity contribution in [1.29, 1.82) is 5.41 Å². The molecule has 3 N–H and O–H groups in total. The first-order valence-electron chi connectivity index (χ1n) is 5.28. The Hall–Kier alpha value is -2.24. The van der Waals surface area contributed by atoms with Crippen LogP contribution in [0.3, 0.4) is 0 Å². The van der Waals surface area contributed by atoms with Crippen LogP contribution in [0, 0.1) is 5.41 Å². The van der Waals surface area contributed by atoms with Crippen LogP contribution in [0.15, 0.2) is 24.5 Å². The summed E-state index contributed by atoms with van der Waals surface area (Å²) in [4.78, 5) is 14.6. The zero-order chi connectivity index (χ0) is 12.3. The van der Waals surface area contributed by atoms with Gasteiger partial charge in [0.05, 0.1) is 5.84 Å². The molecule has 0 aliphatic carbocycles. The van der Waals surface area contributed by atoms with E-state index in [1.54, 1.807) is 12.4 Å². The third-order valence-corrected chi connectivity index (χ3v) is 2.42. The van der Waals surface area contributed by atoms with E-state index in [0.717, 1.165) is 11.3 Å². The molecule has 2 rings (SSSR count). The molecular formula is C11H14N6. The normalized spacial score (nSPS) is 10.4. The molecule has 0 atom stereocenters. The summed E-state index contributed by atoms with van der Waals surface area (Å²) in [6.07, 6.45) is 3.79. The molecule has 0 fully saturated rings. The van der Waals surface area contributed by atoms with Crippen molar-refractivity contribution >= 4 is 22.8 Å². The van der Waals surface area contributed by atoms with Gasteiger partial charge in [0, 0.05) is 32.4 Å². The number of anilines is 1. The van der Waals surface area contributed by atoms with Gasteiger partial charge in [-0.05, 0) is 12.1 Å². The summed E-state index contributed by atoms with van der Waals surface area (Å²) in [5, 5.41) is 7.19. The molecule has 88 valence electrons. The van der Waals surface area contributed by atoms with Gasteiger partial charge in [-0.25, -0.2) is 9.97 Å². The maximum atomic E-state index is 7.19. The minimum absolute atomic E-state index is 0.178. The number of hydrogen-bond acceptors (Lipinski definition) is 5. The lowest BCUT2D eigenvalue weighted by Crippen LogP contribution is -2.24. The van der Waals surface area contributed by atoms with E-state index in [4.69, 9.17) is 11.1 Å². The monoisotopic (exact) mass is 230 g/mol. The minimum Gasteiger partial charge on any atom is -0.388 e. The van der Waals surface area contributed by atoms with Gasteiger partial charge in [0.25, 0.3) is 0 Å². The maximum Gasteiger partial charge on any atom is 0.180 e. The summed E-state index contributed by atoms with van der Waals surface area (Å²) < 4.78 is 0. The van der Waals surface area contributed by atoms with Gasteiger partial charge in [0.15, 0.2) is 5.65 Å². The quantitative estimate of drug-likeness (QED) is 0.598. The summed E-state index contributed by atoms with van der Waals surface area (Å²) in [7, 11) is 1.91. The fraction of sp³-hybridized carbons (Fsp3) is 0.273. The van der Waals surface area contributed by atoms with Crippen molar-refractivity contribution in [2.45, 2.75) is 6.42 Å². The average molecular weight is 230 g/mol. The van der Waals surface area contributed by atoms with Gasteiger partial charge in [-0.15, -0.1) is 0 Å². The van der Waals surface area contributed by atoms with Crippen LogP contribution >= 0.6 is 0 Å². The lowest BCUT2D eigenvalue weighted by atomic mass is 10.3. The zero-order valence-corrected chi connectivity index (χ0v) is 9.59. The highest BCUT2D eigenvalue weighted by Crippen LogP contribution is 2.13. The zero-order valence-electron chi connectivity index (χ0n) is 9.59. The van der Waals surface area contributed by atoms with Crippen molar-refractivity contribution in [3.63, 3.8) is 0 Å². The Morgan fingerprint density at radius 3 is 2.88 bits per heavy atom. The molecule has 0 saturated heterocycles. The minimum atomic E-state index is 0.178. The molecule has 17 heavy (non-hydrogen) atoms. The Bertz CT molecular complexity index is 538. The molecule has 2 aromatic rings. The number of nitrogens with zero attached hydrogens (tertiary/aromatic N) is 4. The van der Waals surface area contributed by atoms with Gasteiger partial charge in [0.1, 0.15) is 11.3 Å². The highest BCUT2D eigenvalue weighted by Gasteiger charge is 2.05. The molecule has 0 amide bonds. The molecule has 0 spiro atoms. The van der Waals surface area contributed by atoms with Gasteiger partial charge < -0.3 is 10.6 Å². The third kappa shape index (κ3) is 2.66. The first-order valence-corrected chi connectivity index (χ1v) is 5.28. The second-order valence-corrected chi connectivity index (χ2v) is 3.77. The summed E-state index contributed by atoms with van der Waals surface area (Å²) in [6, 6.07) is 3.77. The summed E-state index contributed by atoms with van der Waals surface area (Å²) in [5.74, 6) is 0.983. The lowest BCUT2D eigenvalue weighted by molar-refractivity contribution is 0.892. The van der Waals surface area contributed by atoms with E-state index in [1.807, 2.05) is 24.1 Å². The largest absolute Gasteiger partial charge is 0.388 e. The van der Waals surface area contributed by atoms with Crippen LogP contribution in [-0.4, -0.2) is 34.4 Å².